The molecule has 8 nitrogen and oxygen atoms in total. The molecule has 10 heteroatoms. The fraction of sp³-hybridized carbons (Fsp3) is 0.316. The van der Waals surface area contributed by atoms with Crippen molar-refractivity contribution < 1.29 is 24.2 Å². The average molecular weight is 434 g/mol. The Bertz CT molecular complexity index is 986. The fourth-order valence-corrected chi connectivity index (χ4v) is 4.59. The number of aliphatic carboxylic acids is 1. The number of nitrogens with zero attached hydrogens (tertiary/aromatic N) is 2. The van der Waals surface area contributed by atoms with Crippen molar-refractivity contribution in [3.8, 4) is 11.5 Å². The van der Waals surface area contributed by atoms with Gasteiger partial charge in [0.15, 0.2) is 23.9 Å². The number of ketones is 1. The number of allylic oxidation sites excluding steroid dienone is 1. The number of carboxylic acids is 1. The molecule has 2 N–H and O–H groups in total. The maximum Gasteiger partial charge on any atom is 0.341 e. The van der Waals surface area contributed by atoms with E-state index >= 15 is 0 Å². The van der Waals surface area contributed by atoms with E-state index in [4.69, 9.17) is 20.0 Å². The van der Waals surface area contributed by atoms with E-state index in [2.05, 4.69) is 10.2 Å². The standard InChI is InChI=1S/C19H19N3O5S2/c1-3-14-21-22-19(29-14)16-17(25)13(28-18(16)20)8-10-5-6-11(27-9-15(23)24)12(7-10)26-4-2/h5-8,16,20H,3-4,9H2,1-2H3,(H,23,24)/b13-8-,20-18?/t16-/m1/s1. The van der Waals surface area contributed by atoms with Gasteiger partial charge >= 0.3 is 5.97 Å². The van der Waals surface area contributed by atoms with Crippen LogP contribution in [-0.4, -0.2) is 45.3 Å². The zero-order chi connectivity index (χ0) is 21.0. The van der Waals surface area contributed by atoms with Crippen LogP contribution in [0.1, 0.15) is 35.3 Å². The van der Waals surface area contributed by atoms with Gasteiger partial charge in [-0.25, -0.2) is 4.79 Å². The van der Waals surface area contributed by atoms with Crippen molar-refractivity contribution in [1.82, 2.24) is 10.2 Å². The summed E-state index contributed by atoms with van der Waals surface area (Å²) < 4.78 is 10.8. The molecule has 0 unspecified atom stereocenters. The Morgan fingerprint density at radius 2 is 2.07 bits per heavy atom. The highest BCUT2D eigenvalue weighted by Crippen LogP contribution is 2.42. The molecular formula is C19H19N3O5S2. The zero-order valence-corrected chi connectivity index (χ0v) is 17.4. The lowest BCUT2D eigenvalue weighted by atomic mass is 10.1. The summed E-state index contributed by atoms with van der Waals surface area (Å²) in [5, 5.41) is 26.7. The third-order valence-corrected chi connectivity index (χ3v) is 6.06. The molecule has 3 rings (SSSR count). The summed E-state index contributed by atoms with van der Waals surface area (Å²) in [6, 6.07) is 4.99. The average Bonchev–Trinajstić information content (AvgIpc) is 3.25. The molecule has 0 bridgehead atoms. The molecule has 0 amide bonds. The number of rotatable bonds is 8. The molecule has 0 radical (unpaired) electrons. The van der Waals surface area contributed by atoms with Crippen molar-refractivity contribution in [1.29, 1.82) is 5.41 Å². The summed E-state index contributed by atoms with van der Waals surface area (Å²) in [7, 11) is 0. The quantitative estimate of drug-likeness (QED) is 0.608. The van der Waals surface area contributed by atoms with Gasteiger partial charge in [0, 0.05) is 0 Å². The van der Waals surface area contributed by atoms with Crippen LogP contribution in [-0.2, 0) is 16.0 Å². The summed E-state index contributed by atoms with van der Waals surface area (Å²) in [5.74, 6) is -1.26. The highest BCUT2D eigenvalue weighted by molar-refractivity contribution is 8.19. The van der Waals surface area contributed by atoms with Crippen LogP contribution in [0.15, 0.2) is 23.1 Å². The zero-order valence-electron chi connectivity index (χ0n) is 15.8. The third kappa shape index (κ3) is 4.83. The molecule has 1 aromatic carbocycles. The van der Waals surface area contributed by atoms with Crippen molar-refractivity contribution in [2.75, 3.05) is 13.2 Å². The molecule has 1 aliphatic rings. The molecule has 2 aromatic rings. The lowest BCUT2D eigenvalue weighted by Crippen LogP contribution is -2.11. The van der Waals surface area contributed by atoms with Crippen LogP contribution < -0.4 is 9.47 Å². The molecule has 1 atom stereocenters. The van der Waals surface area contributed by atoms with Crippen molar-refractivity contribution in [3.63, 3.8) is 0 Å². The number of carbonyl (C=O) groups excluding carboxylic acids is 1. The number of nitrogens with one attached hydrogen (secondary N) is 1. The number of ether oxygens (including phenoxy) is 2. The van der Waals surface area contributed by atoms with Gasteiger partial charge in [0.25, 0.3) is 0 Å². The SMILES string of the molecule is CCOc1cc(/C=C2\SC(=N)[C@H](c3nnc(CC)s3)C2=O)ccc1OCC(=O)O. The minimum absolute atomic E-state index is 0.178. The maximum absolute atomic E-state index is 12.9. The Balaban J connectivity index is 1.85. The van der Waals surface area contributed by atoms with Crippen LogP contribution in [0.5, 0.6) is 11.5 Å². The van der Waals surface area contributed by atoms with Gasteiger partial charge in [-0.3, -0.25) is 10.2 Å². The first-order valence-electron chi connectivity index (χ1n) is 8.88. The molecule has 29 heavy (non-hydrogen) atoms. The van der Waals surface area contributed by atoms with E-state index in [1.54, 1.807) is 31.2 Å². The van der Waals surface area contributed by atoms with Crippen LogP contribution in [0.2, 0.25) is 0 Å². The Kier molecular flexibility index (Phi) is 6.65. The van der Waals surface area contributed by atoms with Crippen molar-refractivity contribution in [2.45, 2.75) is 26.2 Å². The first-order chi connectivity index (χ1) is 13.9. The van der Waals surface area contributed by atoms with Crippen molar-refractivity contribution in [3.05, 3.63) is 38.7 Å². The number of aryl methyl sites for hydroxylation is 1. The number of hydrogen-bond acceptors (Lipinski definition) is 9. The Morgan fingerprint density at radius 1 is 1.28 bits per heavy atom. The Labute approximate surface area is 175 Å². The molecule has 0 spiro atoms. The monoisotopic (exact) mass is 433 g/mol. The number of thioether (sulfide) groups is 1. The fourth-order valence-electron chi connectivity index (χ4n) is 2.63. The summed E-state index contributed by atoms with van der Waals surface area (Å²) in [6.07, 6.45) is 2.42. The topological polar surface area (TPSA) is 122 Å². The van der Waals surface area contributed by atoms with Gasteiger partial charge in [0.2, 0.25) is 0 Å². The number of Topliss-reactive ketones (excluding diaryl/α,β-unsaturated/α-hetero) is 1. The second-order valence-electron chi connectivity index (χ2n) is 5.98. The van der Waals surface area contributed by atoms with Gasteiger partial charge in [0.05, 0.1) is 16.6 Å². The molecular weight excluding hydrogens is 414 g/mol. The Hall–Kier alpha value is -2.72. The maximum atomic E-state index is 12.9. The van der Waals surface area contributed by atoms with Gasteiger partial charge in [-0.1, -0.05) is 24.8 Å². The van der Waals surface area contributed by atoms with Gasteiger partial charge in [0.1, 0.15) is 15.9 Å². The predicted molar refractivity (Wildman–Crippen MR) is 111 cm³/mol. The minimum Gasteiger partial charge on any atom is -0.490 e. The largest absolute Gasteiger partial charge is 0.490 e. The third-order valence-electron chi connectivity index (χ3n) is 3.94. The van der Waals surface area contributed by atoms with E-state index in [9.17, 15) is 9.59 Å². The number of benzene rings is 1. The van der Waals surface area contributed by atoms with Gasteiger partial charge in [-0.05, 0) is 37.1 Å². The van der Waals surface area contributed by atoms with Crippen LogP contribution in [0.3, 0.4) is 0 Å². The molecule has 1 saturated heterocycles. The summed E-state index contributed by atoms with van der Waals surface area (Å²) in [6.45, 7) is 3.67. The molecule has 0 aliphatic carbocycles. The van der Waals surface area contributed by atoms with Crippen LogP contribution in [0.4, 0.5) is 0 Å². The normalized spacial score (nSPS) is 17.7. The van der Waals surface area contributed by atoms with E-state index < -0.39 is 18.5 Å². The van der Waals surface area contributed by atoms with E-state index in [1.807, 2.05) is 6.92 Å². The smallest absolute Gasteiger partial charge is 0.341 e. The second kappa shape index (κ2) is 9.19. The summed E-state index contributed by atoms with van der Waals surface area (Å²) in [4.78, 5) is 24.0. The van der Waals surface area contributed by atoms with Gasteiger partial charge in [-0.2, -0.15) is 0 Å². The Morgan fingerprint density at radius 3 is 2.72 bits per heavy atom. The van der Waals surface area contributed by atoms with Crippen LogP contribution >= 0.6 is 23.1 Å². The first kappa shape index (κ1) is 21.0. The van der Waals surface area contributed by atoms with Crippen molar-refractivity contribution in [2.24, 2.45) is 0 Å². The molecule has 2 heterocycles. The van der Waals surface area contributed by atoms with E-state index in [1.165, 1.54) is 11.3 Å². The molecule has 1 fully saturated rings. The first-order valence-corrected chi connectivity index (χ1v) is 10.5. The number of carboxylic acid groups (broad SMARTS) is 1. The highest BCUT2D eigenvalue weighted by atomic mass is 32.2. The summed E-state index contributed by atoms with van der Waals surface area (Å²) in [5.41, 5.74) is 0.687. The second-order valence-corrected chi connectivity index (χ2v) is 8.16. The highest BCUT2D eigenvalue weighted by Gasteiger charge is 2.39. The van der Waals surface area contributed by atoms with Gasteiger partial charge < -0.3 is 14.6 Å². The van der Waals surface area contributed by atoms with Gasteiger partial charge in [-0.15, -0.1) is 21.5 Å². The summed E-state index contributed by atoms with van der Waals surface area (Å²) >= 11 is 2.47. The van der Waals surface area contributed by atoms with Crippen molar-refractivity contribution >= 4 is 46.0 Å². The minimum atomic E-state index is -1.08. The number of aromatic nitrogens is 2. The molecule has 1 aromatic heterocycles. The predicted octanol–water partition coefficient (Wildman–Crippen LogP) is 3.38. The number of hydrogen-bond donors (Lipinski definition) is 2. The van der Waals surface area contributed by atoms with Crippen LogP contribution in [0, 0.1) is 5.41 Å². The molecule has 1 aliphatic heterocycles. The molecule has 0 saturated carbocycles. The lowest BCUT2D eigenvalue weighted by Gasteiger charge is -2.11. The van der Waals surface area contributed by atoms with E-state index in [-0.39, 0.29) is 10.8 Å². The number of carbonyl (C=O) groups is 2. The lowest BCUT2D eigenvalue weighted by molar-refractivity contribution is -0.139. The van der Waals surface area contributed by atoms with E-state index in [0.717, 1.165) is 23.2 Å². The van der Waals surface area contributed by atoms with Crippen LogP contribution in [0.25, 0.3) is 6.08 Å². The molecule has 152 valence electrons. The van der Waals surface area contributed by atoms with E-state index in [0.29, 0.717) is 33.6 Å².